The number of sulfonamides is 1. The lowest BCUT2D eigenvalue weighted by Gasteiger charge is -2.38. The molecule has 2 spiro atoms. The topological polar surface area (TPSA) is 57.7 Å². The van der Waals surface area contributed by atoms with Gasteiger partial charge in [0.2, 0.25) is 10.0 Å². The normalized spacial score (nSPS) is 23.6. The zero-order valence-electron chi connectivity index (χ0n) is 18.4. The molecule has 1 amide bonds. The molecule has 0 N–H and O–H groups in total. The summed E-state index contributed by atoms with van der Waals surface area (Å²) in [7, 11) is -3.55. The Kier molecular flexibility index (Phi) is 4.57. The van der Waals surface area contributed by atoms with Crippen molar-refractivity contribution in [3.63, 3.8) is 0 Å². The number of para-hydroxylation sites is 1. The highest BCUT2D eigenvalue weighted by Crippen LogP contribution is 2.62. The highest BCUT2D eigenvalue weighted by Gasteiger charge is 2.53. The second-order valence-electron chi connectivity index (χ2n) is 10.3. The lowest BCUT2D eigenvalue weighted by Crippen LogP contribution is -2.40. The molecule has 6 heteroatoms. The summed E-state index contributed by atoms with van der Waals surface area (Å²) in [6, 6.07) is 15.0. The second kappa shape index (κ2) is 7.16. The van der Waals surface area contributed by atoms with Crippen molar-refractivity contribution in [3.8, 4) is 0 Å². The molecule has 0 bridgehead atoms. The van der Waals surface area contributed by atoms with Crippen LogP contribution in [0.4, 0.5) is 5.69 Å². The standard InChI is InChI=1S/C26H30N2O3S/c29-24(20-6-5-7-21(18-20)32(30,31)27-16-3-4-17-27)28-19-26(22-8-1-2-9-23(22)28)14-12-25(10-11-25)13-15-26/h1-2,5-9,18H,3-4,10-17,19H2. The van der Waals surface area contributed by atoms with Crippen LogP contribution in [0.3, 0.4) is 0 Å². The molecular weight excluding hydrogens is 420 g/mol. The predicted molar refractivity (Wildman–Crippen MR) is 124 cm³/mol. The molecule has 2 aromatic carbocycles. The Morgan fingerprint density at radius 1 is 0.844 bits per heavy atom. The predicted octanol–water partition coefficient (Wildman–Crippen LogP) is 4.72. The van der Waals surface area contributed by atoms with Gasteiger partial charge in [-0.1, -0.05) is 24.3 Å². The molecule has 2 saturated carbocycles. The first-order chi connectivity index (χ1) is 15.4. The van der Waals surface area contributed by atoms with Gasteiger partial charge >= 0.3 is 0 Å². The van der Waals surface area contributed by atoms with E-state index >= 15 is 0 Å². The van der Waals surface area contributed by atoms with Crippen LogP contribution in [0.1, 0.15) is 67.3 Å². The fourth-order valence-electron chi connectivity index (χ4n) is 6.20. The van der Waals surface area contributed by atoms with Crippen LogP contribution >= 0.6 is 0 Å². The fourth-order valence-corrected chi connectivity index (χ4v) is 7.76. The number of carbonyl (C=O) groups is 1. The summed E-state index contributed by atoms with van der Waals surface area (Å²) in [4.78, 5) is 15.8. The molecule has 2 aromatic rings. The third-order valence-electron chi connectivity index (χ3n) is 8.48. The van der Waals surface area contributed by atoms with Gasteiger partial charge in [-0.25, -0.2) is 8.42 Å². The van der Waals surface area contributed by atoms with E-state index in [0.717, 1.165) is 31.4 Å². The van der Waals surface area contributed by atoms with E-state index in [-0.39, 0.29) is 16.2 Å². The molecule has 6 rings (SSSR count). The van der Waals surface area contributed by atoms with Crippen molar-refractivity contribution >= 4 is 21.6 Å². The van der Waals surface area contributed by atoms with Gasteiger partial charge in [0.1, 0.15) is 0 Å². The van der Waals surface area contributed by atoms with E-state index < -0.39 is 10.0 Å². The molecule has 2 aliphatic heterocycles. The van der Waals surface area contributed by atoms with Crippen molar-refractivity contribution < 1.29 is 13.2 Å². The highest BCUT2D eigenvalue weighted by molar-refractivity contribution is 7.89. The monoisotopic (exact) mass is 450 g/mol. The lowest BCUT2D eigenvalue weighted by molar-refractivity contribution is 0.0980. The van der Waals surface area contributed by atoms with Gasteiger partial charge in [0, 0.05) is 36.3 Å². The van der Waals surface area contributed by atoms with Gasteiger partial charge in [-0.2, -0.15) is 4.31 Å². The van der Waals surface area contributed by atoms with Gasteiger partial charge < -0.3 is 4.90 Å². The Balaban J connectivity index is 1.32. The van der Waals surface area contributed by atoms with Crippen LogP contribution in [0.2, 0.25) is 0 Å². The van der Waals surface area contributed by atoms with E-state index in [1.807, 2.05) is 17.0 Å². The van der Waals surface area contributed by atoms with Crippen molar-refractivity contribution in [3.05, 3.63) is 59.7 Å². The van der Waals surface area contributed by atoms with Crippen LogP contribution < -0.4 is 4.90 Å². The maximum absolute atomic E-state index is 13.7. The SMILES string of the molecule is O=C(c1cccc(S(=O)(=O)N2CCCC2)c1)N1CC2(CCC3(CC3)CC2)c2ccccc21. The van der Waals surface area contributed by atoms with Crippen molar-refractivity contribution in [2.24, 2.45) is 5.41 Å². The lowest BCUT2D eigenvalue weighted by atomic mass is 9.66. The van der Waals surface area contributed by atoms with Crippen LogP contribution in [0, 0.1) is 5.41 Å². The molecular formula is C26H30N2O3S. The summed E-state index contributed by atoms with van der Waals surface area (Å²) in [5.41, 5.74) is 3.38. The number of benzene rings is 2. The Bertz CT molecular complexity index is 1170. The van der Waals surface area contributed by atoms with E-state index in [9.17, 15) is 13.2 Å². The number of hydrogen-bond donors (Lipinski definition) is 0. The van der Waals surface area contributed by atoms with Crippen LogP contribution in [0.25, 0.3) is 0 Å². The molecule has 168 valence electrons. The Morgan fingerprint density at radius 2 is 1.53 bits per heavy atom. The van der Waals surface area contributed by atoms with Gasteiger partial charge in [0.15, 0.2) is 0 Å². The molecule has 0 atom stereocenters. The summed E-state index contributed by atoms with van der Waals surface area (Å²) < 4.78 is 27.6. The largest absolute Gasteiger partial charge is 0.307 e. The van der Waals surface area contributed by atoms with Crippen LogP contribution in [0.15, 0.2) is 53.4 Å². The molecule has 2 heterocycles. The number of hydrogen-bond acceptors (Lipinski definition) is 3. The zero-order valence-corrected chi connectivity index (χ0v) is 19.2. The fraction of sp³-hybridized carbons (Fsp3) is 0.500. The van der Waals surface area contributed by atoms with Crippen molar-refractivity contribution in [1.29, 1.82) is 0 Å². The quantitative estimate of drug-likeness (QED) is 0.680. The first kappa shape index (κ1) is 20.4. The molecule has 3 fully saturated rings. The average Bonchev–Trinajstić information content (AvgIpc) is 3.23. The minimum absolute atomic E-state index is 0.0410. The zero-order chi connectivity index (χ0) is 22.0. The maximum atomic E-state index is 13.7. The Labute approximate surface area is 190 Å². The van der Waals surface area contributed by atoms with Crippen LogP contribution in [0.5, 0.6) is 0 Å². The second-order valence-corrected chi connectivity index (χ2v) is 12.3. The molecule has 2 aliphatic carbocycles. The van der Waals surface area contributed by atoms with Gasteiger partial charge in [-0.05, 0) is 86.6 Å². The first-order valence-electron chi connectivity index (χ1n) is 11.9. The van der Waals surface area contributed by atoms with E-state index in [0.29, 0.717) is 30.6 Å². The summed E-state index contributed by atoms with van der Waals surface area (Å²) in [6.45, 7) is 1.82. The molecule has 1 saturated heterocycles. The molecule has 0 unspecified atom stereocenters. The van der Waals surface area contributed by atoms with E-state index in [4.69, 9.17) is 0 Å². The smallest absolute Gasteiger partial charge is 0.258 e. The number of carbonyl (C=O) groups excluding carboxylic acids is 1. The number of nitrogens with zero attached hydrogens (tertiary/aromatic N) is 2. The molecule has 5 nitrogen and oxygen atoms in total. The molecule has 4 aliphatic rings. The van der Waals surface area contributed by atoms with Crippen molar-refractivity contribution in [2.75, 3.05) is 24.5 Å². The minimum atomic E-state index is -3.55. The summed E-state index contributed by atoms with van der Waals surface area (Å²) >= 11 is 0. The maximum Gasteiger partial charge on any atom is 0.258 e. The van der Waals surface area contributed by atoms with Gasteiger partial charge in [0.05, 0.1) is 4.90 Å². The van der Waals surface area contributed by atoms with Crippen LogP contribution in [-0.4, -0.2) is 38.3 Å². The van der Waals surface area contributed by atoms with Crippen molar-refractivity contribution in [2.45, 2.75) is 61.7 Å². The minimum Gasteiger partial charge on any atom is -0.307 e. The molecule has 0 radical (unpaired) electrons. The van der Waals surface area contributed by atoms with Gasteiger partial charge in [-0.15, -0.1) is 0 Å². The number of rotatable bonds is 3. The Hall–Kier alpha value is -2.18. The van der Waals surface area contributed by atoms with Gasteiger partial charge in [0.25, 0.3) is 5.91 Å². The molecule has 32 heavy (non-hydrogen) atoms. The first-order valence-corrected chi connectivity index (χ1v) is 13.4. The van der Waals surface area contributed by atoms with Crippen molar-refractivity contribution in [1.82, 2.24) is 4.31 Å². The third kappa shape index (κ3) is 3.14. The number of anilines is 1. The summed E-state index contributed by atoms with van der Waals surface area (Å²) in [6.07, 6.45) is 9.31. The van der Waals surface area contributed by atoms with Gasteiger partial charge in [-0.3, -0.25) is 4.79 Å². The Morgan fingerprint density at radius 3 is 2.25 bits per heavy atom. The van der Waals surface area contributed by atoms with E-state index in [2.05, 4.69) is 12.1 Å². The summed E-state index contributed by atoms with van der Waals surface area (Å²) in [5, 5.41) is 0. The molecule has 0 aromatic heterocycles. The van der Waals surface area contributed by atoms with Crippen LogP contribution in [-0.2, 0) is 15.4 Å². The third-order valence-corrected chi connectivity index (χ3v) is 10.4. The summed E-state index contributed by atoms with van der Waals surface area (Å²) in [5.74, 6) is -0.0977. The number of amides is 1. The number of fused-ring (bicyclic) bond motifs is 2. The average molecular weight is 451 g/mol. The van der Waals surface area contributed by atoms with E-state index in [1.54, 1.807) is 24.3 Å². The highest BCUT2D eigenvalue weighted by atomic mass is 32.2. The van der Waals surface area contributed by atoms with E-state index in [1.165, 1.54) is 35.6 Å².